The molecular formula is C9H18BrNO. The van der Waals surface area contributed by atoms with Gasteiger partial charge in [-0.15, -0.1) is 0 Å². The number of hydrogen-bond donors (Lipinski definition) is 0. The van der Waals surface area contributed by atoms with E-state index in [1.165, 1.54) is 0 Å². The first-order valence-electron chi connectivity index (χ1n) is 4.28. The van der Waals surface area contributed by atoms with Gasteiger partial charge in [-0.2, -0.15) is 0 Å². The lowest BCUT2D eigenvalue weighted by Gasteiger charge is -2.28. The number of rotatable bonds is 3. The van der Waals surface area contributed by atoms with Gasteiger partial charge in [0, 0.05) is 13.1 Å². The number of halogens is 1. The van der Waals surface area contributed by atoms with Crippen LogP contribution in [-0.2, 0) is 4.79 Å². The van der Waals surface area contributed by atoms with E-state index < -0.39 is 0 Å². The summed E-state index contributed by atoms with van der Waals surface area (Å²) >= 11 is 3.27. The van der Waals surface area contributed by atoms with Gasteiger partial charge in [-0.25, -0.2) is 0 Å². The van der Waals surface area contributed by atoms with E-state index in [1.54, 1.807) is 4.90 Å². The van der Waals surface area contributed by atoms with E-state index in [9.17, 15) is 4.79 Å². The third kappa shape index (κ3) is 3.13. The SMILES string of the molecule is CC(Br)C(=O)N(C)C(C)C(C)C. The molecule has 0 aromatic carbocycles. The van der Waals surface area contributed by atoms with Gasteiger partial charge in [-0.3, -0.25) is 4.79 Å². The molecule has 3 heteroatoms. The van der Waals surface area contributed by atoms with Crippen molar-refractivity contribution in [2.75, 3.05) is 7.05 Å². The summed E-state index contributed by atoms with van der Waals surface area (Å²) in [6.45, 7) is 8.16. The average Bonchev–Trinajstić information content (AvgIpc) is 2.00. The molecule has 12 heavy (non-hydrogen) atoms. The van der Waals surface area contributed by atoms with Gasteiger partial charge in [0.15, 0.2) is 0 Å². The van der Waals surface area contributed by atoms with Crippen LogP contribution in [0.2, 0.25) is 0 Å². The van der Waals surface area contributed by atoms with E-state index in [2.05, 4.69) is 36.7 Å². The van der Waals surface area contributed by atoms with Crippen LogP contribution in [0.5, 0.6) is 0 Å². The molecule has 0 aromatic rings. The molecule has 0 heterocycles. The van der Waals surface area contributed by atoms with E-state index in [0.29, 0.717) is 12.0 Å². The molecule has 0 aliphatic carbocycles. The van der Waals surface area contributed by atoms with Crippen LogP contribution in [0.3, 0.4) is 0 Å². The minimum Gasteiger partial charge on any atom is -0.342 e. The normalized spacial score (nSPS) is 15.9. The Morgan fingerprint density at radius 1 is 1.25 bits per heavy atom. The van der Waals surface area contributed by atoms with Crippen molar-refractivity contribution < 1.29 is 4.79 Å². The highest BCUT2D eigenvalue weighted by atomic mass is 79.9. The fraction of sp³-hybridized carbons (Fsp3) is 0.889. The second-order valence-corrected chi connectivity index (χ2v) is 4.92. The number of alkyl halides is 1. The fourth-order valence-corrected chi connectivity index (χ4v) is 1.25. The zero-order valence-electron chi connectivity index (χ0n) is 8.47. The molecule has 0 saturated heterocycles. The Morgan fingerprint density at radius 2 is 1.67 bits per heavy atom. The highest BCUT2D eigenvalue weighted by Crippen LogP contribution is 2.11. The van der Waals surface area contributed by atoms with E-state index in [0.717, 1.165) is 0 Å². The third-order valence-corrected chi connectivity index (χ3v) is 2.66. The molecule has 0 N–H and O–H groups in total. The maximum absolute atomic E-state index is 11.5. The Balaban J connectivity index is 4.19. The van der Waals surface area contributed by atoms with Gasteiger partial charge in [-0.1, -0.05) is 29.8 Å². The van der Waals surface area contributed by atoms with Crippen LogP contribution in [0.4, 0.5) is 0 Å². The molecule has 2 nitrogen and oxygen atoms in total. The van der Waals surface area contributed by atoms with Crippen LogP contribution in [0.15, 0.2) is 0 Å². The van der Waals surface area contributed by atoms with Crippen molar-refractivity contribution in [3.05, 3.63) is 0 Å². The molecule has 0 radical (unpaired) electrons. The lowest BCUT2D eigenvalue weighted by atomic mass is 10.1. The summed E-state index contributed by atoms with van der Waals surface area (Å²) in [6.07, 6.45) is 0. The van der Waals surface area contributed by atoms with Crippen molar-refractivity contribution in [3.63, 3.8) is 0 Å². The van der Waals surface area contributed by atoms with Crippen LogP contribution in [0.25, 0.3) is 0 Å². The van der Waals surface area contributed by atoms with Crippen molar-refractivity contribution in [1.82, 2.24) is 4.90 Å². The summed E-state index contributed by atoms with van der Waals surface area (Å²) < 4.78 is 0. The molecule has 0 fully saturated rings. The lowest BCUT2D eigenvalue weighted by Crippen LogP contribution is -2.41. The number of carbonyl (C=O) groups is 1. The smallest absolute Gasteiger partial charge is 0.236 e. The quantitative estimate of drug-likeness (QED) is 0.688. The Kier molecular flexibility index (Phi) is 4.83. The van der Waals surface area contributed by atoms with Gasteiger partial charge in [-0.05, 0) is 19.8 Å². The standard InChI is InChI=1S/C9H18BrNO/c1-6(2)8(4)11(5)9(12)7(3)10/h6-8H,1-5H3. The Morgan fingerprint density at radius 3 is 1.92 bits per heavy atom. The second kappa shape index (κ2) is 4.85. The number of hydrogen-bond acceptors (Lipinski definition) is 1. The van der Waals surface area contributed by atoms with Crippen molar-refractivity contribution in [2.24, 2.45) is 5.92 Å². The van der Waals surface area contributed by atoms with Crippen molar-refractivity contribution >= 4 is 21.8 Å². The van der Waals surface area contributed by atoms with Gasteiger partial charge < -0.3 is 4.90 Å². The van der Waals surface area contributed by atoms with Crippen LogP contribution in [0.1, 0.15) is 27.7 Å². The average molecular weight is 236 g/mol. The predicted molar refractivity (Wildman–Crippen MR) is 55.5 cm³/mol. The van der Waals surface area contributed by atoms with E-state index >= 15 is 0 Å². The highest BCUT2D eigenvalue weighted by molar-refractivity contribution is 9.10. The summed E-state index contributed by atoms with van der Waals surface area (Å²) in [7, 11) is 1.85. The molecule has 0 aliphatic heterocycles. The maximum atomic E-state index is 11.5. The van der Waals surface area contributed by atoms with Crippen molar-refractivity contribution in [1.29, 1.82) is 0 Å². The minimum absolute atomic E-state index is 0.0799. The zero-order valence-corrected chi connectivity index (χ0v) is 10.1. The summed E-state index contributed by atoms with van der Waals surface area (Å²) in [6, 6.07) is 0.303. The largest absolute Gasteiger partial charge is 0.342 e. The molecule has 0 saturated carbocycles. The fourth-order valence-electron chi connectivity index (χ4n) is 0.929. The second-order valence-electron chi connectivity index (χ2n) is 3.55. The molecule has 0 rings (SSSR count). The topological polar surface area (TPSA) is 20.3 Å². The first-order chi connectivity index (χ1) is 5.37. The summed E-state index contributed by atoms with van der Waals surface area (Å²) in [5, 5.41) is 0. The molecular weight excluding hydrogens is 218 g/mol. The monoisotopic (exact) mass is 235 g/mol. The molecule has 0 aliphatic rings. The van der Waals surface area contributed by atoms with Gasteiger partial charge in [0.1, 0.15) is 0 Å². The van der Waals surface area contributed by atoms with Gasteiger partial charge in [0.05, 0.1) is 4.83 Å². The van der Waals surface area contributed by atoms with E-state index in [1.807, 2.05) is 14.0 Å². The molecule has 1 amide bonds. The predicted octanol–water partition coefficient (Wildman–Crippen LogP) is 2.27. The zero-order chi connectivity index (χ0) is 9.89. The third-order valence-electron chi connectivity index (χ3n) is 2.26. The molecule has 2 unspecified atom stereocenters. The lowest BCUT2D eigenvalue weighted by molar-refractivity contribution is -0.131. The van der Waals surface area contributed by atoms with Gasteiger partial charge in [0.25, 0.3) is 0 Å². The van der Waals surface area contributed by atoms with Crippen molar-refractivity contribution in [3.8, 4) is 0 Å². The summed E-state index contributed by atoms with van der Waals surface area (Å²) in [5.41, 5.74) is 0. The van der Waals surface area contributed by atoms with Crippen LogP contribution in [-0.4, -0.2) is 28.7 Å². The summed E-state index contributed by atoms with van der Waals surface area (Å²) in [4.78, 5) is 13.2. The van der Waals surface area contributed by atoms with Crippen LogP contribution >= 0.6 is 15.9 Å². The Hall–Kier alpha value is -0.0500. The van der Waals surface area contributed by atoms with Gasteiger partial charge >= 0.3 is 0 Å². The number of nitrogens with zero attached hydrogens (tertiary/aromatic N) is 1. The van der Waals surface area contributed by atoms with Crippen molar-refractivity contribution in [2.45, 2.75) is 38.6 Å². The first kappa shape index (κ1) is 11.9. The van der Waals surface area contributed by atoms with E-state index in [-0.39, 0.29) is 10.7 Å². The molecule has 0 bridgehead atoms. The number of carbonyl (C=O) groups excluding carboxylic acids is 1. The molecule has 0 spiro atoms. The molecule has 2 atom stereocenters. The Bertz CT molecular complexity index is 157. The van der Waals surface area contributed by atoms with E-state index in [4.69, 9.17) is 0 Å². The van der Waals surface area contributed by atoms with Crippen LogP contribution in [0, 0.1) is 5.92 Å². The maximum Gasteiger partial charge on any atom is 0.236 e. The first-order valence-corrected chi connectivity index (χ1v) is 5.20. The Labute approximate surface area is 83.4 Å². The molecule has 0 aromatic heterocycles. The summed E-state index contributed by atoms with van der Waals surface area (Å²) in [5.74, 6) is 0.654. The van der Waals surface area contributed by atoms with Crippen LogP contribution < -0.4 is 0 Å². The minimum atomic E-state index is -0.0799. The number of amides is 1. The molecule has 72 valence electrons. The van der Waals surface area contributed by atoms with Gasteiger partial charge in [0.2, 0.25) is 5.91 Å². The highest BCUT2D eigenvalue weighted by Gasteiger charge is 2.21.